The van der Waals surface area contributed by atoms with Gasteiger partial charge in [-0.2, -0.15) is 0 Å². The van der Waals surface area contributed by atoms with Crippen LogP contribution in [0.1, 0.15) is 17.5 Å². The topological polar surface area (TPSA) is 50.9 Å². The van der Waals surface area contributed by atoms with Crippen LogP contribution in [0, 0.1) is 0 Å². The van der Waals surface area contributed by atoms with Crippen LogP contribution in [0.25, 0.3) is 0 Å². The molecule has 0 aliphatic rings. The molecule has 1 atom stereocenters. The monoisotopic (exact) mass is 223 g/mol. The van der Waals surface area contributed by atoms with E-state index in [0.29, 0.717) is 16.4 Å². The highest BCUT2D eigenvalue weighted by Crippen LogP contribution is 2.25. The van der Waals surface area contributed by atoms with Gasteiger partial charge in [-0.05, 0) is 6.07 Å². The summed E-state index contributed by atoms with van der Waals surface area (Å²) < 4.78 is 1.75. The maximum Gasteiger partial charge on any atom is 0.142 e. The first-order valence-corrected chi connectivity index (χ1v) is 4.82. The third kappa shape index (κ3) is 1.86. The Kier molecular flexibility index (Phi) is 2.70. The minimum absolute atomic E-state index is 0.438. The van der Waals surface area contributed by atoms with Gasteiger partial charge in [-0.3, -0.25) is 4.98 Å². The third-order valence-corrected chi connectivity index (χ3v) is 2.52. The lowest BCUT2D eigenvalue weighted by Crippen LogP contribution is -2.07. The Bertz CT molecular complexity index is 469. The van der Waals surface area contributed by atoms with Gasteiger partial charge in [0.05, 0.1) is 5.02 Å². The van der Waals surface area contributed by atoms with Crippen molar-refractivity contribution in [1.82, 2.24) is 14.5 Å². The number of hydrogen-bond donors (Lipinski definition) is 1. The second-order valence-electron chi connectivity index (χ2n) is 3.20. The number of aryl methyl sites for hydroxylation is 1. The van der Waals surface area contributed by atoms with Crippen LogP contribution in [-0.4, -0.2) is 19.6 Å². The molecule has 2 rings (SSSR count). The number of halogens is 1. The molecule has 2 heterocycles. The summed E-state index contributed by atoms with van der Waals surface area (Å²) in [5, 5.41) is 10.5. The normalized spacial score (nSPS) is 12.7. The van der Waals surface area contributed by atoms with Crippen molar-refractivity contribution in [1.29, 1.82) is 0 Å². The molecule has 0 saturated carbocycles. The molecule has 0 bridgehead atoms. The molecule has 0 saturated heterocycles. The Morgan fingerprint density at radius 3 is 2.87 bits per heavy atom. The zero-order valence-electron chi connectivity index (χ0n) is 8.13. The summed E-state index contributed by atoms with van der Waals surface area (Å²) in [6, 6.07) is 1.68. The summed E-state index contributed by atoms with van der Waals surface area (Å²) in [7, 11) is 1.82. The van der Waals surface area contributed by atoms with Crippen molar-refractivity contribution in [3.05, 3.63) is 47.3 Å². The van der Waals surface area contributed by atoms with Crippen LogP contribution in [0.4, 0.5) is 0 Å². The lowest BCUT2D eigenvalue weighted by molar-refractivity contribution is 0.206. The molecule has 0 radical (unpaired) electrons. The van der Waals surface area contributed by atoms with E-state index in [1.54, 1.807) is 29.2 Å². The Hall–Kier alpha value is -1.39. The fourth-order valence-electron chi connectivity index (χ4n) is 1.39. The van der Waals surface area contributed by atoms with E-state index in [0.717, 1.165) is 0 Å². The Labute approximate surface area is 92.2 Å². The van der Waals surface area contributed by atoms with Crippen LogP contribution < -0.4 is 0 Å². The summed E-state index contributed by atoms with van der Waals surface area (Å²) in [5.74, 6) is 0.558. The third-order valence-electron chi connectivity index (χ3n) is 2.20. The Morgan fingerprint density at radius 2 is 2.27 bits per heavy atom. The summed E-state index contributed by atoms with van der Waals surface area (Å²) in [6.45, 7) is 0. The van der Waals surface area contributed by atoms with E-state index in [9.17, 15) is 5.11 Å². The predicted molar refractivity (Wildman–Crippen MR) is 56.5 cm³/mol. The maximum atomic E-state index is 10.0. The number of aromatic nitrogens is 3. The zero-order valence-corrected chi connectivity index (χ0v) is 8.89. The molecule has 1 N–H and O–H groups in total. The zero-order chi connectivity index (χ0) is 10.8. The molecule has 5 heteroatoms. The van der Waals surface area contributed by atoms with Crippen LogP contribution in [0.5, 0.6) is 0 Å². The van der Waals surface area contributed by atoms with Crippen molar-refractivity contribution in [2.45, 2.75) is 6.10 Å². The van der Waals surface area contributed by atoms with E-state index >= 15 is 0 Å². The van der Waals surface area contributed by atoms with E-state index in [4.69, 9.17) is 11.6 Å². The number of nitrogens with zero attached hydrogens (tertiary/aromatic N) is 3. The second kappa shape index (κ2) is 4.00. The van der Waals surface area contributed by atoms with Crippen LogP contribution >= 0.6 is 11.6 Å². The van der Waals surface area contributed by atoms with Gasteiger partial charge in [-0.1, -0.05) is 11.6 Å². The van der Waals surface area contributed by atoms with Crippen molar-refractivity contribution < 1.29 is 5.11 Å². The molecule has 78 valence electrons. The van der Waals surface area contributed by atoms with Gasteiger partial charge in [0.25, 0.3) is 0 Å². The van der Waals surface area contributed by atoms with E-state index in [1.165, 1.54) is 6.20 Å². The molecular formula is C10H10ClN3O. The molecule has 0 aromatic carbocycles. The molecule has 1 unspecified atom stereocenters. The van der Waals surface area contributed by atoms with Crippen molar-refractivity contribution in [3.8, 4) is 0 Å². The van der Waals surface area contributed by atoms with Gasteiger partial charge in [0, 0.05) is 37.4 Å². The van der Waals surface area contributed by atoms with E-state index in [2.05, 4.69) is 9.97 Å². The average molecular weight is 224 g/mol. The lowest BCUT2D eigenvalue weighted by Gasteiger charge is -2.11. The van der Waals surface area contributed by atoms with Crippen LogP contribution in [0.2, 0.25) is 5.02 Å². The van der Waals surface area contributed by atoms with Gasteiger partial charge in [-0.25, -0.2) is 4.98 Å². The molecule has 0 aliphatic carbocycles. The highest BCUT2D eigenvalue weighted by molar-refractivity contribution is 6.31. The number of pyridine rings is 1. The lowest BCUT2D eigenvalue weighted by atomic mass is 10.1. The first kappa shape index (κ1) is 10.1. The van der Waals surface area contributed by atoms with Gasteiger partial charge in [0.1, 0.15) is 11.9 Å². The summed E-state index contributed by atoms with van der Waals surface area (Å²) in [6.07, 6.45) is 5.68. The molecule has 4 nitrogen and oxygen atoms in total. The first-order chi connectivity index (χ1) is 7.20. The van der Waals surface area contributed by atoms with Crippen molar-refractivity contribution in [2.24, 2.45) is 7.05 Å². The number of hydrogen-bond acceptors (Lipinski definition) is 3. The molecule has 15 heavy (non-hydrogen) atoms. The highest BCUT2D eigenvalue weighted by atomic mass is 35.5. The fourth-order valence-corrected chi connectivity index (χ4v) is 1.61. The van der Waals surface area contributed by atoms with Crippen LogP contribution in [0.3, 0.4) is 0 Å². The predicted octanol–water partition coefficient (Wildman–Crippen LogP) is 1.55. The van der Waals surface area contributed by atoms with Gasteiger partial charge >= 0.3 is 0 Å². The largest absolute Gasteiger partial charge is 0.380 e. The molecule has 0 fully saturated rings. The highest BCUT2D eigenvalue weighted by Gasteiger charge is 2.17. The van der Waals surface area contributed by atoms with Crippen LogP contribution in [0.15, 0.2) is 30.9 Å². The molecule has 2 aromatic heterocycles. The number of aliphatic hydroxyl groups is 1. The molecule has 2 aromatic rings. The fraction of sp³-hybridized carbons (Fsp3) is 0.200. The quantitative estimate of drug-likeness (QED) is 0.841. The smallest absolute Gasteiger partial charge is 0.142 e. The van der Waals surface area contributed by atoms with Gasteiger partial charge in [0.15, 0.2) is 0 Å². The van der Waals surface area contributed by atoms with Crippen molar-refractivity contribution >= 4 is 11.6 Å². The maximum absolute atomic E-state index is 10.0. The van der Waals surface area contributed by atoms with Gasteiger partial charge in [0.2, 0.25) is 0 Å². The van der Waals surface area contributed by atoms with E-state index in [1.807, 2.05) is 7.05 Å². The Morgan fingerprint density at radius 1 is 1.47 bits per heavy atom. The number of rotatable bonds is 2. The number of imidazole rings is 1. The summed E-state index contributed by atoms with van der Waals surface area (Å²) in [5.41, 5.74) is 0.612. The van der Waals surface area contributed by atoms with Gasteiger partial charge in [-0.15, -0.1) is 0 Å². The van der Waals surface area contributed by atoms with E-state index in [-0.39, 0.29) is 0 Å². The minimum Gasteiger partial charge on any atom is -0.380 e. The first-order valence-electron chi connectivity index (χ1n) is 4.45. The second-order valence-corrected chi connectivity index (χ2v) is 3.60. The van der Waals surface area contributed by atoms with Crippen molar-refractivity contribution in [2.75, 3.05) is 0 Å². The number of aliphatic hydroxyl groups excluding tert-OH is 1. The summed E-state index contributed by atoms with van der Waals surface area (Å²) >= 11 is 5.93. The van der Waals surface area contributed by atoms with Crippen molar-refractivity contribution in [3.63, 3.8) is 0 Å². The van der Waals surface area contributed by atoms with E-state index < -0.39 is 6.10 Å². The SMILES string of the molecule is Cn1ccnc1C(O)c1ccncc1Cl. The molecule has 0 aliphatic heterocycles. The minimum atomic E-state index is -0.819. The van der Waals surface area contributed by atoms with Crippen LogP contribution in [-0.2, 0) is 7.05 Å². The standard InChI is InChI=1S/C10H10ClN3O/c1-14-5-4-13-10(14)9(15)7-2-3-12-6-8(7)11/h2-6,9,15H,1H3. The average Bonchev–Trinajstić information content (AvgIpc) is 2.64. The molecule has 0 spiro atoms. The molecule has 0 amide bonds. The molecular weight excluding hydrogens is 214 g/mol. The summed E-state index contributed by atoms with van der Waals surface area (Å²) in [4.78, 5) is 7.93. The van der Waals surface area contributed by atoms with Gasteiger partial charge < -0.3 is 9.67 Å². The Balaban J connectivity index is 2.41.